The summed E-state index contributed by atoms with van der Waals surface area (Å²) in [6, 6.07) is 13.3. The fraction of sp³-hybridized carbons (Fsp3) is 0.400. The van der Waals surface area contributed by atoms with Crippen molar-refractivity contribution < 1.29 is 19.1 Å². The molecule has 1 saturated heterocycles. The van der Waals surface area contributed by atoms with Gasteiger partial charge in [0.05, 0.1) is 18.5 Å². The van der Waals surface area contributed by atoms with E-state index in [0.717, 1.165) is 61.3 Å². The number of carbonyl (C=O) groups is 3. The maximum atomic E-state index is 12.8. The highest BCUT2D eigenvalue weighted by Gasteiger charge is 2.39. The summed E-state index contributed by atoms with van der Waals surface area (Å²) in [6.45, 7) is 4.80. The summed E-state index contributed by atoms with van der Waals surface area (Å²) < 4.78 is 5.94. The predicted molar refractivity (Wildman–Crippen MR) is 147 cm³/mol. The number of imide groups is 1. The molecule has 9 heteroatoms. The number of H-pyrrole nitrogens is 1. The summed E-state index contributed by atoms with van der Waals surface area (Å²) in [6.07, 6.45) is 6.75. The Hall–Kier alpha value is -3.98. The number of carbonyl (C=O) groups excluding carboxylic acids is 3. The summed E-state index contributed by atoms with van der Waals surface area (Å²) in [5.41, 5.74) is 6.09. The first-order valence-corrected chi connectivity index (χ1v) is 13.7. The highest BCUT2D eigenvalue weighted by atomic mass is 16.5. The van der Waals surface area contributed by atoms with Crippen LogP contribution in [0.2, 0.25) is 0 Å². The van der Waals surface area contributed by atoms with Gasteiger partial charge in [0.1, 0.15) is 11.8 Å². The lowest BCUT2D eigenvalue weighted by atomic mass is 10.0. The molecule has 2 aliphatic heterocycles. The first kappa shape index (κ1) is 26.6. The zero-order valence-electron chi connectivity index (χ0n) is 22.3. The van der Waals surface area contributed by atoms with Gasteiger partial charge in [-0.15, -0.1) is 0 Å². The van der Waals surface area contributed by atoms with Gasteiger partial charge in [0.25, 0.3) is 5.91 Å². The standard InChI is InChI=1S/C30H35N5O4/c1-20-7-6-8-21(15-20)28-23(18-32-34-28)17-31-13-4-2-3-5-14-39-24-9-10-25-22(16-24)19-35(30(25)38)26-11-12-27(36)33-29(26)37/h6-10,15-16,18,26,31H,2-5,11-14,17,19H2,1H3,(H,32,34)(H,33,36,37). The summed E-state index contributed by atoms with van der Waals surface area (Å²) >= 11 is 0. The first-order chi connectivity index (χ1) is 19.0. The number of ether oxygens (including phenoxy) is 1. The lowest BCUT2D eigenvalue weighted by Gasteiger charge is -2.29. The Kier molecular flexibility index (Phi) is 8.36. The molecule has 2 aromatic carbocycles. The number of hydrogen-bond donors (Lipinski definition) is 3. The van der Waals surface area contributed by atoms with E-state index in [9.17, 15) is 14.4 Å². The van der Waals surface area contributed by atoms with E-state index in [1.807, 2.05) is 18.3 Å². The highest BCUT2D eigenvalue weighted by Crippen LogP contribution is 2.30. The topological polar surface area (TPSA) is 116 Å². The van der Waals surface area contributed by atoms with Gasteiger partial charge in [-0.1, -0.05) is 36.6 Å². The molecule has 3 N–H and O–H groups in total. The summed E-state index contributed by atoms with van der Waals surface area (Å²) in [7, 11) is 0. The largest absolute Gasteiger partial charge is 0.494 e. The number of nitrogens with one attached hydrogen (secondary N) is 3. The number of piperidine rings is 1. The van der Waals surface area contributed by atoms with Crippen molar-refractivity contribution in [2.75, 3.05) is 13.2 Å². The smallest absolute Gasteiger partial charge is 0.255 e. The number of amides is 3. The van der Waals surface area contributed by atoms with Gasteiger partial charge in [-0.2, -0.15) is 5.10 Å². The van der Waals surface area contributed by atoms with Crippen LogP contribution in [0.25, 0.3) is 11.3 Å². The third-order valence-corrected chi connectivity index (χ3v) is 7.35. The van der Waals surface area contributed by atoms with Crippen LogP contribution >= 0.6 is 0 Å². The Morgan fingerprint density at radius 2 is 1.95 bits per heavy atom. The molecule has 1 unspecified atom stereocenters. The fourth-order valence-corrected chi connectivity index (χ4v) is 5.25. The molecule has 0 spiro atoms. The number of hydrogen-bond acceptors (Lipinski definition) is 6. The van der Waals surface area contributed by atoms with Gasteiger partial charge < -0.3 is 15.0 Å². The van der Waals surface area contributed by atoms with E-state index in [-0.39, 0.29) is 18.2 Å². The van der Waals surface area contributed by atoms with Crippen LogP contribution < -0.4 is 15.4 Å². The van der Waals surface area contributed by atoms with Gasteiger partial charge in [0.15, 0.2) is 0 Å². The van der Waals surface area contributed by atoms with Crippen molar-refractivity contribution >= 4 is 17.7 Å². The maximum absolute atomic E-state index is 12.8. The van der Waals surface area contributed by atoms with E-state index < -0.39 is 11.9 Å². The number of aryl methyl sites for hydroxylation is 1. The van der Waals surface area contributed by atoms with Gasteiger partial charge in [-0.3, -0.25) is 24.8 Å². The molecule has 1 atom stereocenters. The van der Waals surface area contributed by atoms with E-state index in [0.29, 0.717) is 25.1 Å². The molecule has 0 aliphatic carbocycles. The number of rotatable bonds is 12. The van der Waals surface area contributed by atoms with E-state index in [1.54, 1.807) is 11.0 Å². The normalized spacial score (nSPS) is 16.9. The molecule has 9 nitrogen and oxygen atoms in total. The van der Waals surface area contributed by atoms with Crippen LogP contribution in [0.4, 0.5) is 0 Å². The SMILES string of the molecule is Cc1cccc(-c2[nH]ncc2CNCCCCCCOc2ccc3c(c2)CN(C2CCC(=O)NC2=O)C3=O)c1. The molecule has 3 amide bonds. The summed E-state index contributed by atoms with van der Waals surface area (Å²) in [5, 5.41) is 13.2. The molecular weight excluding hydrogens is 494 g/mol. The van der Waals surface area contributed by atoms with Crippen LogP contribution in [-0.4, -0.2) is 52.0 Å². The third kappa shape index (κ3) is 6.37. The van der Waals surface area contributed by atoms with Crippen molar-refractivity contribution in [3.05, 3.63) is 70.9 Å². The monoisotopic (exact) mass is 529 g/mol. The average Bonchev–Trinajstić information content (AvgIpc) is 3.52. The molecule has 1 fully saturated rings. The lowest BCUT2D eigenvalue weighted by molar-refractivity contribution is -0.136. The van der Waals surface area contributed by atoms with Gasteiger partial charge in [0, 0.05) is 36.2 Å². The van der Waals surface area contributed by atoms with Crippen LogP contribution in [-0.2, 0) is 22.7 Å². The zero-order valence-corrected chi connectivity index (χ0v) is 22.3. The number of nitrogens with zero attached hydrogens (tertiary/aromatic N) is 2. The second-order valence-corrected chi connectivity index (χ2v) is 10.3. The van der Waals surface area contributed by atoms with Gasteiger partial charge >= 0.3 is 0 Å². The van der Waals surface area contributed by atoms with Gasteiger partial charge in [-0.05, 0) is 62.6 Å². The van der Waals surface area contributed by atoms with Crippen molar-refractivity contribution in [2.24, 2.45) is 0 Å². The Balaban J connectivity index is 0.983. The second kappa shape index (κ2) is 12.3. The molecule has 3 aromatic rings. The molecule has 2 aliphatic rings. The first-order valence-electron chi connectivity index (χ1n) is 13.7. The molecule has 0 radical (unpaired) electrons. The number of aromatic nitrogens is 2. The van der Waals surface area contributed by atoms with E-state index in [2.05, 4.69) is 52.0 Å². The predicted octanol–water partition coefficient (Wildman–Crippen LogP) is 3.88. The van der Waals surface area contributed by atoms with Crippen LogP contribution in [0.15, 0.2) is 48.7 Å². The Morgan fingerprint density at radius 1 is 1.08 bits per heavy atom. The van der Waals surface area contributed by atoms with Crippen LogP contribution in [0.1, 0.15) is 65.6 Å². The molecule has 3 heterocycles. The maximum Gasteiger partial charge on any atom is 0.255 e. The lowest BCUT2D eigenvalue weighted by Crippen LogP contribution is -2.52. The highest BCUT2D eigenvalue weighted by molar-refractivity contribution is 6.05. The van der Waals surface area contributed by atoms with E-state index >= 15 is 0 Å². The second-order valence-electron chi connectivity index (χ2n) is 10.3. The van der Waals surface area contributed by atoms with Crippen LogP contribution in [0.5, 0.6) is 5.75 Å². The minimum atomic E-state index is -0.601. The average molecular weight is 530 g/mol. The van der Waals surface area contributed by atoms with Crippen molar-refractivity contribution in [2.45, 2.75) is 64.6 Å². The van der Waals surface area contributed by atoms with Crippen LogP contribution in [0.3, 0.4) is 0 Å². The van der Waals surface area contributed by atoms with Crippen molar-refractivity contribution in [1.82, 2.24) is 25.7 Å². The molecule has 204 valence electrons. The number of aromatic amines is 1. The fourth-order valence-electron chi connectivity index (χ4n) is 5.25. The molecule has 0 saturated carbocycles. The molecular formula is C30H35N5O4. The Morgan fingerprint density at radius 3 is 2.79 bits per heavy atom. The molecule has 1 aromatic heterocycles. The van der Waals surface area contributed by atoms with Gasteiger partial charge in [-0.25, -0.2) is 0 Å². The van der Waals surface area contributed by atoms with E-state index in [4.69, 9.17) is 4.74 Å². The summed E-state index contributed by atoms with van der Waals surface area (Å²) in [5.74, 6) is -0.113. The van der Waals surface area contributed by atoms with Crippen LogP contribution in [0, 0.1) is 6.92 Å². The number of benzene rings is 2. The number of unbranched alkanes of at least 4 members (excludes halogenated alkanes) is 3. The van der Waals surface area contributed by atoms with Crippen molar-refractivity contribution in [3.8, 4) is 17.0 Å². The van der Waals surface area contributed by atoms with Crippen molar-refractivity contribution in [3.63, 3.8) is 0 Å². The number of fused-ring (bicyclic) bond motifs is 1. The third-order valence-electron chi connectivity index (χ3n) is 7.35. The Labute approximate surface area is 228 Å². The van der Waals surface area contributed by atoms with Gasteiger partial charge in [0.2, 0.25) is 11.8 Å². The minimum absolute atomic E-state index is 0.168. The quantitative estimate of drug-likeness (QED) is 0.242. The summed E-state index contributed by atoms with van der Waals surface area (Å²) in [4.78, 5) is 38.0. The Bertz CT molecular complexity index is 1350. The minimum Gasteiger partial charge on any atom is -0.494 e. The molecule has 0 bridgehead atoms. The van der Waals surface area contributed by atoms with Crippen molar-refractivity contribution in [1.29, 1.82) is 0 Å². The van der Waals surface area contributed by atoms with E-state index in [1.165, 1.54) is 11.1 Å². The molecule has 5 rings (SSSR count). The zero-order chi connectivity index (χ0) is 27.2. The molecule has 39 heavy (non-hydrogen) atoms.